The Labute approximate surface area is 110 Å². The second kappa shape index (κ2) is 6.68. The van der Waals surface area contributed by atoms with Gasteiger partial charge in [0.15, 0.2) is 0 Å². The molecule has 0 atom stereocenters. The van der Waals surface area contributed by atoms with Crippen LogP contribution in [0.25, 0.3) is 0 Å². The van der Waals surface area contributed by atoms with Crippen molar-refractivity contribution in [3.05, 3.63) is 46.1 Å². The van der Waals surface area contributed by atoms with Gasteiger partial charge >= 0.3 is 0 Å². The summed E-state index contributed by atoms with van der Waals surface area (Å²) in [6, 6.07) is 7.66. The molecule has 1 aromatic carbocycles. The van der Waals surface area contributed by atoms with Crippen molar-refractivity contribution in [1.82, 2.24) is 4.90 Å². The second-order valence-corrected chi connectivity index (χ2v) is 4.80. The zero-order chi connectivity index (χ0) is 12.0. The molecule has 0 aliphatic heterocycles. The average molecular weight is 329 g/mol. The highest BCUT2D eigenvalue weighted by Gasteiger charge is 2.13. The molecule has 86 valence electrons. The number of carbonyl (C=O) groups excluding carboxylic acids is 1. The van der Waals surface area contributed by atoms with Gasteiger partial charge in [0, 0.05) is 22.2 Å². The van der Waals surface area contributed by atoms with Crippen LogP contribution < -0.4 is 0 Å². The highest BCUT2D eigenvalue weighted by atomic mass is 127. The van der Waals surface area contributed by atoms with E-state index in [1.54, 1.807) is 6.08 Å². The highest BCUT2D eigenvalue weighted by molar-refractivity contribution is 14.1. The Balaban J connectivity index is 2.85. The van der Waals surface area contributed by atoms with Gasteiger partial charge in [0.1, 0.15) is 0 Å². The minimum Gasteiger partial charge on any atom is -0.335 e. The lowest BCUT2D eigenvalue weighted by molar-refractivity contribution is 0.0774. The number of hydrogen-bond donors (Lipinski definition) is 0. The molecule has 0 heterocycles. The first kappa shape index (κ1) is 13.2. The summed E-state index contributed by atoms with van der Waals surface area (Å²) < 4.78 is 1.08. The molecular weight excluding hydrogens is 313 g/mol. The van der Waals surface area contributed by atoms with Crippen molar-refractivity contribution in [2.45, 2.75) is 13.3 Å². The van der Waals surface area contributed by atoms with E-state index in [4.69, 9.17) is 0 Å². The van der Waals surface area contributed by atoms with Crippen molar-refractivity contribution in [2.24, 2.45) is 0 Å². The van der Waals surface area contributed by atoms with Crippen molar-refractivity contribution in [1.29, 1.82) is 0 Å². The monoisotopic (exact) mass is 329 g/mol. The van der Waals surface area contributed by atoms with Crippen LogP contribution in [0, 0.1) is 3.57 Å². The molecule has 1 amide bonds. The van der Waals surface area contributed by atoms with Gasteiger partial charge in [0.2, 0.25) is 0 Å². The Kier molecular flexibility index (Phi) is 5.52. The number of benzene rings is 1. The molecule has 0 spiro atoms. The van der Waals surface area contributed by atoms with E-state index < -0.39 is 0 Å². The maximum atomic E-state index is 12.2. The summed E-state index contributed by atoms with van der Waals surface area (Å²) in [5.74, 6) is 0.0836. The van der Waals surface area contributed by atoms with E-state index in [0.29, 0.717) is 6.54 Å². The molecule has 0 N–H and O–H groups in total. The third-order valence-corrected chi connectivity index (χ3v) is 2.87. The van der Waals surface area contributed by atoms with Gasteiger partial charge in [-0.15, -0.1) is 6.58 Å². The zero-order valence-corrected chi connectivity index (χ0v) is 11.6. The Hall–Kier alpha value is -0.840. The molecule has 0 aliphatic carbocycles. The van der Waals surface area contributed by atoms with E-state index in [1.807, 2.05) is 29.2 Å². The van der Waals surface area contributed by atoms with Crippen LogP contribution in [0.4, 0.5) is 0 Å². The van der Waals surface area contributed by atoms with Gasteiger partial charge in [0.25, 0.3) is 5.91 Å². The Morgan fingerprint density at radius 2 is 2.31 bits per heavy atom. The third-order valence-electron chi connectivity index (χ3n) is 2.20. The molecule has 0 radical (unpaired) electrons. The summed E-state index contributed by atoms with van der Waals surface area (Å²) in [6.07, 6.45) is 2.73. The normalized spacial score (nSPS) is 9.88. The first-order valence-corrected chi connectivity index (χ1v) is 6.42. The Bertz CT molecular complexity index is 376. The molecule has 0 aromatic heterocycles. The summed E-state index contributed by atoms with van der Waals surface area (Å²) in [4.78, 5) is 14.0. The Morgan fingerprint density at radius 3 is 2.88 bits per heavy atom. The molecule has 1 aromatic rings. The fourth-order valence-corrected chi connectivity index (χ4v) is 2.05. The maximum Gasteiger partial charge on any atom is 0.254 e. The number of rotatable bonds is 5. The van der Waals surface area contributed by atoms with Gasteiger partial charge < -0.3 is 4.90 Å². The highest BCUT2D eigenvalue weighted by Crippen LogP contribution is 2.10. The third kappa shape index (κ3) is 3.63. The van der Waals surface area contributed by atoms with Crippen molar-refractivity contribution < 1.29 is 4.79 Å². The van der Waals surface area contributed by atoms with E-state index >= 15 is 0 Å². The number of nitrogens with zero attached hydrogens (tertiary/aromatic N) is 1. The number of halogens is 1. The van der Waals surface area contributed by atoms with Crippen LogP contribution >= 0.6 is 22.6 Å². The number of amides is 1. The lowest BCUT2D eigenvalue weighted by Crippen LogP contribution is -2.31. The van der Waals surface area contributed by atoms with Crippen molar-refractivity contribution in [3.63, 3.8) is 0 Å². The van der Waals surface area contributed by atoms with Gasteiger partial charge in [0.05, 0.1) is 0 Å². The number of carbonyl (C=O) groups is 1. The molecule has 0 unspecified atom stereocenters. The van der Waals surface area contributed by atoms with E-state index in [1.165, 1.54) is 0 Å². The molecule has 1 rings (SSSR count). The van der Waals surface area contributed by atoms with Gasteiger partial charge in [-0.25, -0.2) is 0 Å². The van der Waals surface area contributed by atoms with Crippen LogP contribution in [0.3, 0.4) is 0 Å². The summed E-state index contributed by atoms with van der Waals surface area (Å²) in [5, 5.41) is 0. The minimum atomic E-state index is 0.0836. The largest absolute Gasteiger partial charge is 0.335 e. The van der Waals surface area contributed by atoms with Gasteiger partial charge in [-0.05, 0) is 47.2 Å². The van der Waals surface area contributed by atoms with Gasteiger partial charge in [-0.3, -0.25) is 4.79 Å². The van der Waals surface area contributed by atoms with E-state index in [-0.39, 0.29) is 5.91 Å². The first-order chi connectivity index (χ1) is 7.69. The summed E-state index contributed by atoms with van der Waals surface area (Å²) in [7, 11) is 0. The van der Waals surface area contributed by atoms with Crippen LogP contribution in [0.2, 0.25) is 0 Å². The van der Waals surface area contributed by atoms with E-state index in [0.717, 1.165) is 22.1 Å². The van der Waals surface area contributed by atoms with Crippen molar-refractivity contribution in [3.8, 4) is 0 Å². The fraction of sp³-hybridized carbons (Fsp3) is 0.308. The lowest BCUT2D eigenvalue weighted by Gasteiger charge is -2.20. The molecular formula is C13H16INO. The number of hydrogen-bond acceptors (Lipinski definition) is 1. The quantitative estimate of drug-likeness (QED) is 0.599. The summed E-state index contributed by atoms with van der Waals surface area (Å²) >= 11 is 2.21. The van der Waals surface area contributed by atoms with Crippen LogP contribution in [0.15, 0.2) is 36.9 Å². The van der Waals surface area contributed by atoms with Gasteiger partial charge in [-0.2, -0.15) is 0 Å². The predicted molar refractivity (Wildman–Crippen MR) is 75.6 cm³/mol. The second-order valence-electron chi connectivity index (χ2n) is 3.55. The molecule has 16 heavy (non-hydrogen) atoms. The predicted octanol–water partition coefficient (Wildman–Crippen LogP) is 3.33. The minimum absolute atomic E-state index is 0.0836. The zero-order valence-electron chi connectivity index (χ0n) is 9.45. The summed E-state index contributed by atoms with van der Waals surface area (Å²) in [5.41, 5.74) is 0.752. The van der Waals surface area contributed by atoms with Crippen LogP contribution in [-0.2, 0) is 0 Å². The molecule has 0 fully saturated rings. The molecule has 0 aliphatic rings. The standard InChI is InChI=1S/C13H16INO/c1-3-8-15(9-4-2)13(16)11-6-5-7-12(14)10-11/h3,5-7,10H,1,4,8-9H2,2H3. The first-order valence-electron chi connectivity index (χ1n) is 5.34. The molecule has 0 saturated heterocycles. The van der Waals surface area contributed by atoms with Crippen molar-refractivity contribution in [2.75, 3.05) is 13.1 Å². The fourth-order valence-electron chi connectivity index (χ4n) is 1.51. The van der Waals surface area contributed by atoms with E-state index in [9.17, 15) is 4.79 Å². The maximum absolute atomic E-state index is 12.2. The average Bonchev–Trinajstić information content (AvgIpc) is 2.28. The Morgan fingerprint density at radius 1 is 1.56 bits per heavy atom. The van der Waals surface area contributed by atoms with E-state index in [2.05, 4.69) is 36.1 Å². The summed E-state index contributed by atoms with van der Waals surface area (Å²) in [6.45, 7) is 7.13. The molecule has 3 heteroatoms. The SMILES string of the molecule is C=CCN(CCC)C(=O)c1cccc(I)c1. The van der Waals surface area contributed by atoms with Crippen LogP contribution in [0.1, 0.15) is 23.7 Å². The van der Waals surface area contributed by atoms with Crippen molar-refractivity contribution >= 4 is 28.5 Å². The molecule has 2 nitrogen and oxygen atoms in total. The topological polar surface area (TPSA) is 20.3 Å². The smallest absolute Gasteiger partial charge is 0.254 e. The molecule has 0 saturated carbocycles. The van der Waals surface area contributed by atoms with Crippen LogP contribution in [-0.4, -0.2) is 23.9 Å². The lowest BCUT2D eigenvalue weighted by atomic mass is 10.2. The van der Waals surface area contributed by atoms with Crippen LogP contribution in [0.5, 0.6) is 0 Å². The molecule has 0 bridgehead atoms. The van der Waals surface area contributed by atoms with Gasteiger partial charge in [-0.1, -0.05) is 19.1 Å².